The molecule has 0 aliphatic carbocycles. The normalized spacial score (nSPS) is 12.8. The van der Waals surface area contributed by atoms with Gasteiger partial charge in [0.1, 0.15) is 5.82 Å². The van der Waals surface area contributed by atoms with E-state index in [4.69, 9.17) is 16.7 Å². The minimum Gasteiger partial charge on any atom is -0.396 e. The largest absolute Gasteiger partial charge is 0.396 e. The molecule has 0 spiro atoms. The molecule has 0 saturated carbocycles. The quantitative estimate of drug-likeness (QED) is 0.201. The second-order valence-electron chi connectivity index (χ2n) is 9.82. The third-order valence-corrected chi connectivity index (χ3v) is 7.57. The Balaban J connectivity index is 1.20. The molecule has 6 rings (SSSR count). The standard InChI is InChI=1S/C32H31ClN5O/c33-29-11-10-25(20-28(29)32-34-21-31(36-32)23-6-2-1-3-7-23)35-30-9-4-8-24-22-38(18-14-27(24)30)26-12-16-37(17-13-26)15-5-19-39/h1-4,6-13,16-17,20-21,35,39H,5,14-15,18-19,22H2,(H,34,36)/q+1. The van der Waals surface area contributed by atoms with E-state index in [9.17, 15) is 0 Å². The topological polar surface area (TPSA) is 68.1 Å². The average molecular weight is 537 g/mol. The first-order valence-electron chi connectivity index (χ1n) is 13.3. The van der Waals surface area contributed by atoms with Crippen LogP contribution in [0.15, 0.2) is 97.5 Å². The number of benzene rings is 3. The van der Waals surface area contributed by atoms with Crippen molar-refractivity contribution in [2.24, 2.45) is 0 Å². The molecule has 0 unspecified atom stereocenters. The van der Waals surface area contributed by atoms with Crippen LogP contribution in [0.1, 0.15) is 17.5 Å². The fourth-order valence-corrected chi connectivity index (χ4v) is 5.38. The highest BCUT2D eigenvalue weighted by atomic mass is 35.5. The van der Waals surface area contributed by atoms with E-state index in [1.807, 2.05) is 36.5 Å². The van der Waals surface area contributed by atoms with Crippen LogP contribution in [-0.4, -0.2) is 28.2 Å². The van der Waals surface area contributed by atoms with Crippen LogP contribution < -0.4 is 14.8 Å². The van der Waals surface area contributed by atoms with Crippen LogP contribution in [0.3, 0.4) is 0 Å². The van der Waals surface area contributed by atoms with Gasteiger partial charge in [-0.3, -0.25) is 0 Å². The highest BCUT2D eigenvalue weighted by Crippen LogP contribution is 2.34. The summed E-state index contributed by atoms with van der Waals surface area (Å²) in [5, 5.41) is 13.4. The average Bonchev–Trinajstić information content (AvgIpc) is 3.48. The maximum atomic E-state index is 9.08. The first kappa shape index (κ1) is 25.2. The van der Waals surface area contributed by atoms with E-state index in [1.54, 1.807) is 0 Å². The Hall–Kier alpha value is -4.13. The number of hydrogen-bond acceptors (Lipinski definition) is 4. The van der Waals surface area contributed by atoms with E-state index in [0.29, 0.717) is 5.02 Å². The number of aromatic amines is 1. The molecule has 0 saturated heterocycles. The van der Waals surface area contributed by atoms with Crippen LogP contribution in [0.25, 0.3) is 22.6 Å². The van der Waals surface area contributed by atoms with Crippen molar-refractivity contribution in [3.63, 3.8) is 0 Å². The fraction of sp³-hybridized carbons (Fsp3) is 0.188. The summed E-state index contributed by atoms with van der Waals surface area (Å²) in [6, 6.07) is 27.0. The number of aromatic nitrogens is 3. The lowest BCUT2D eigenvalue weighted by Gasteiger charge is -2.31. The molecule has 0 fully saturated rings. The zero-order chi connectivity index (χ0) is 26.6. The molecule has 1 aliphatic rings. The number of pyridine rings is 1. The van der Waals surface area contributed by atoms with E-state index in [2.05, 4.69) is 85.7 Å². The van der Waals surface area contributed by atoms with Gasteiger partial charge in [-0.1, -0.05) is 54.1 Å². The summed E-state index contributed by atoms with van der Waals surface area (Å²) < 4.78 is 2.12. The van der Waals surface area contributed by atoms with Gasteiger partial charge in [0.05, 0.1) is 16.9 Å². The van der Waals surface area contributed by atoms with Crippen molar-refractivity contribution in [3.8, 4) is 22.6 Å². The molecular formula is C32H31ClN5O+. The number of aliphatic hydroxyl groups is 1. The van der Waals surface area contributed by atoms with E-state index in [1.165, 1.54) is 16.8 Å². The summed E-state index contributed by atoms with van der Waals surface area (Å²) >= 11 is 6.61. The molecule has 5 aromatic rings. The maximum absolute atomic E-state index is 9.08. The number of nitrogens with one attached hydrogen (secondary N) is 2. The highest BCUT2D eigenvalue weighted by Gasteiger charge is 2.20. The van der Waals surface area contributed by atoms with E-state index in [0.717, 1.165) is 66.5 Å². The number of nitrogens with zero attached hydrogens (tertiary/aromatic N) is 3. The SMILES string of the molecule is OCCC[n+]1ccc(N2CCc3c(cccc3Nc3ccc(Cl)c(-c4ncc(-c5ccccc5)[nH]4)c3)C2)cc1. The number of aliphatic hydroxyl groups excluding tert-OH is 1. The van der Waals surface area contributed by atoms with Crippen molar-refractivity contribution in [3.05, 3.63) is 114 Å². The number of fused-ring (bicyclic) bond motifs is 1. The van der Waals surface area contributed by atoms with Gasteiger partial charge in [-0.15, -0.1) is 0 Å². The summed E-state index contributed by atoms with van der Waals surface area (Å²) in [7, 11) is 0. The molecule has 196 valence electrons. The van der Waals surface area contributed by atoms with Crippen LogP contribution in [0.5, 0.6) is 0 Å². The Morgan fingerprint density at radius 2 is 1.85 bits per heavy atom. The van der Waals surface area contributed by atoms with Crippen molar-refractivity contribution in [2.75, 3.05) is 23.4 Å². The van der Waals surface area contributed by atoms with E-state index < -0.39 is 0 Å². The molecule has 2 aromatic heterocycles. The summed E-state index contributed by atoms with van der Waals surface area (Å²) in [5.74, 6) is 0.744. The Labute approximate surface area is 233 Å². The number of anilines is 3. The van der Waals surface area contributed by atoms with Gasteiger partial charge >= 0.3 is 0 Å². The first-order chi connectivity index (χ1) is 19.2. The van der Waals surface area contributed by atoms with Gasteiger partial charge in [0, 0.05) is 60.9 Å². The second kappa shape index (κ2) is 11.3. The molecule has 7 heteroatoms. The molecule has 0 atom stereocenters. The van der Waals surface area contributed by atoms with Crippen molar-refractivity contribution in [1.29, 1.82) is 0 Å². The molecule has 6 nitrogen and oxygen atoms in total. The molecular weight excluding hydrogens is 506 g/mol. The van der Waals surface area contributed by atoms with Crippen LogP contribution >= 0.6 is 11.6 Å². The first-order valence-corrected chi connectivity index (χ1v) is 13.7. The van der Waals surface area contributed by atoms with Crippen LogP contribution in [0.4, 0.5) is 17.1 Å². The minimum atomic E-state index is 0.212. The highest BCUT2D eigenvalue weighted by molar-refractivity contribution is 6.33. The number of halogens is 1. The van der Waals surface area contributed by atoms with Gasteiger partial charge in [0.25, 0.3) is 0 Å². The zero-order valence-corrected chi connectivity index (χ0v) is 22.4. The monoisotopic (exact) mass is 536 g/mol. The maximum Gasteiger partial charge on any atom is 0.170 e. The third-order valence-electron chi connectivity index (χ3n) is 7.24. The van der Waals surface area contributed by atoms with Crippen LogP contribution in [-0.2, 0) is 19.5 Å². The van der Waals surface area contributed by atoms with Gasteiger partial charge in [-0.2, -0.15) is 0 Å². The van der Waals surface area contributed by atoms with Crippen molar-refractivity contribution in [2.45, 2.75) is 25.9 Å². The Morgan fingerprint density at radius 1 is 1.00 bits per heavy atom. The molecule has 3 heterocycles. The molecule has 0 radical (unpaired) electrons. The zero-order valence-electron chi connectivity index (χ0n) is 21.6. The molecule has 3 aromatic carbocycles. The lowest BCUT2D eigenvalue weighted by molar-refractivity contribution is -0.697. The van der Waals surface area contributed by atoms with Crippen LogP contribution in [0, 0.1) is 0 Å². The number of aryl methyl sites for hydroxylation is 1. The molecule has 1 aliphatic heterocycles. The summed E-state index contributed by atoms with van der Waals surface area (Å²) in [5.41, 5.74) is 8.90. The predicted octanol–water partition coefficient (Wildman–Crippen LogP) is 6.37. The number of rotatable bonds is 8. The lowest BCUT2D eigenvalue weighted by Crippen LogP contribution is -2.35. The fourth-order valence-electron chi connectivity index (χ4n) is 5.17. The summed E-state index contributed by atoms with van der Waals surface area (Å²) in [6.45, 7) is 2.86. The van der Waals surface area contributed by atoms with Gasteiger partial charge in [-0.05, 0) is 47.4 Å². The van der Waals surface area contributed by atoms with Crippen molar-refractivity contribution < 1.29 is 9.67 Å². The number of H-pyrrole nitrogens is 1. The molecule has 0 bridgehead atoms. The number of hydrogen-bond donors (Lipinski definition) is 3. The number of imidazole rings is 1. The van der Waals surface area contributed by atoms with Crippen molar-refractivity contribution in [1.82, 2.24) is 9.97 Å². The lowest BCUT2D eigenvalue weighted by atomic mass is 9.97. The van der Waals surface area contributed by atoms with Gasteiger partial charge in [0.2, 0.25) is 0 Å². The molecule has 39 heavy (non-hydrogen) atoms. The Bertz CT molecular complexity index is 1570. The summed E-state index contributed by atoms with van der Waals surface area (Å²) in [6.07, 6.45) is 7.76. The smallest absolute Gasteiger partial charge is 0.170 e. The minimum absolute atomic E-state index is 0.212. The van der Waals surface area contributed by atoms with Crippen molar-refractivity contribution >= 4 is 28.7 Å². The second-order valence-corrected chi connectivity index (χ2v) is 10.2. The Morgan fingerprint density at radius 3 is 2.67 bits per heavy atom. The van der Waals surface area contributed by atoms with E-state index >= 15 is 0 Å². The van der Waals surface area contributed by atoms with Gasteiger partial charge < -0.3 is 20.3 Å². The predicted molar refractivity (Wildman–Crippen MR) is 157 cm³/mol. The van der Waals surface area contributed by atoms with Gasteiger partial charge in [0.15, 0.2) is 18.9 Å². The molecule has 3 N–H and O–H groups in total. The Kier molecular flexibility index (Phi) is 7.30. The molecule has 0 amide bonds. The summed E-state index contributed by atoms with van der Waals surface area (Å²) in [4.78, 5) is 10.5. The van der Waals surface area contributed by atoms with Crippen LogP contribution in [0.2, 0.25) is 5.02 Å². The third kappa shape index (κ3) is 5.53. The van der Waals surface area contributed by atoms with E-state index in [-0.39, 0.29) is 6.61 Å². The van der Waals surface area contributed by atoms with Gasteiger partial charge in [-0.25, -0.2) is 9.55 Å².